The van der Waals surface area contributed by atoms with Crippen molar-refractivity contribution in [3.8, 4) is 0 Å². The molecule has 1 saturated carbocycles. The quantitative estimate of drug-likeness (QED) is 0.707. The van der Waals surface area contributed by atoms with Crippen LogP contribution < -0.4 is 0 Å². The van der Waals surface area contributed by atoms with Crippen molar-refractivity contribution < 1.29 is 22.7 Å². The molecule has 8 heteroatoms. The van der Waals surface area contributed by atoms with Crippen molar-refractivity contribution in [2.45, 2.75) is 63.0 Å². The molecule has 2 fully saturated rings. The van der Waals surface area contributed by atoms with Crippen molar-refractivity contribution in [2.75, 3.05) is 25.9 Å². The zero-order valence-electron chi connectivity index (χ0n) is 18.3. The topological polar surface area (TPSA) is 84.0 Å². The van der Waals surface area contributed by atoms with Gasteiger partial charge in [-0.15, -0.1) is 0 Å². The van der Waals surface area contributed by atoms with Gasteiger partial charge >= 0.3 is 6.09 Å². The van der Waals surface area contributed by atoms with Gasteiger partial charge in [-0.2, -0.15) is 0 Å². The Labute approximate surface area is 179 Å². The average molecular weight is 437 g/mol. The van der Waals surface area contributed by atoms with E-state index in [0.717, 1.165) is 19.1 Å². The Kier molecular flexibility index (Phi) is 6.45. The van der Waals surface area contributed by atoms with E-state index in [2.05, 4.69) is 0 Å². The monoisotopic (exact) mass is 436 g/mol. The smallest absolute Gasteiger partial charge is 0.410 e. The third kappa shape index (κ3) is 5.97. The minimum Gasteiger partial charge on any atom is -0.444 e. The lowest BCUT2D eigenvalue weighted by Crippen LogP contribution is -2.50. The number of likely N-dealkylation sites (tertiary alicyclic amines) is 1. The lowest BCUT2D eigenvalue weighted by Gasteiger charge is -2.39. The first-order valence-corrected chi connectivity index (χ1v) is 12.4. The van der Waals surface area contributed by atoms with Crippen molar-refractivity contribution >= 4 is 21.8 Å². The maximum Gasteiger partial charge on any atom is 0.410 e. The van der Waals surface area contributed by atoms with Gasteiger partial charge in [0, 0.05) is 37.5 Å². The summed E-state index contributed by atoms with van der Waals surface area (Å²) in [5.74, 6) is 0.376. The number of sulfone groups is 1. The van der Waals surface area contributed by atoms with Crippen LogP contribution in [0.25, 0.3) is 0 Å². The van der Waals surface area contributed by atoms with E-state index in [-0.39, 0.29) is 22.9 Å². The fraction of sp³-hybridized carbons (Fsp3) is 0.636. The molecule has 0 N–H and O–H groups in total. The summed E-state index contributed by atoms with van der Waals surface area (Å²) < 4.78 is 29.2. The Morgan fingerprint density at radius 3 is 2.30 bits per heavy atom. The Bertz CT molecular complexity index is 894. The van der Waals surface area contributed by atoms with Crippen LogP contribution in [-0.4, -0.2) is 67.8 Å². The Morgan fingerprint density at radius 1 is 1.13 bits per heavy atom. The van der Waals surface area contributed by atoms with Crippen LogP contribution in [0.2, 0.25) is 0 Å². The third-order valence-electron chi connectivity index (χ3n) is 5.48. The van der Waals surface area contributed by atoms with E-state index in [0.29, 0.717) is 44.0 Å². The van der Waals surface area contributed by atoms with Crippen LogP contribution >= 0.6 is 0 Å². The molecule has 2 aliphatic rings. The van der Waals surface area contributed by atoms with Crippen LogP contribution in [-0.2, 0) is 14.6 Å². The van der Waals surface area contributed by atoms with Crippen molar-refractivity contribution in [1.82, 2.24) is 9.80 Å². The van der Waals surface area contributed by atoms with Gasteiger partial charge < -0.3 is 14.5 Å². The molecule has 0 aromatic heterocycles. The SMILES string of the molecule is CC(C)(C)OC(=O)N(CC1CC1)C1CCN(C(=O)c2cccc(S(C)(=O)=O)c2)CC1. The van der Waals surface area contributed by atoms with E-state index in [1.165, 1.54) is 12.1 Å². The van der Waals surface area contributed by atoms with E-state index >= 15 is 0 Å². The predicted molar refractivity (Wildman–Crippen MR) is 114 cm³/mol. The van der Waals surface area contributed by atoms with Crippen molar-refractivity contribution in [2.24, 2.45) is 5.92 Å². The molecule has 2 amide bonds. The van der Waals surface area contributed by atoms with E-state index in [1.54, 1.807) is 17.0 Å². The predicted octanol–water partition coefficient (Wildman–Crippen LogP) is 3.34. The summed E-state index contributed by atoms with van der Waals surface area (Å²) in [7, 11) is -3.37. The normalized spacial score (nSPS) is 18.2. The Hall–Kier alpha value is -2.09. The van der Waals surface area contributed by atoms with Gasteiger partial charge in [0.05, 0.1) is 4.90 Å². The first-order valence-electron chi connectivity index (χ1n) is 10.5. The highest BCUT2D eigenvalue weighted by molar-refractivity contribution is 7.90. The van der Waals surface area contributed by atoms with Crippen LogP contribution in [0.4, 0.5) is 4.79 Å². The van der Waals surface area contributed by atoms with E-state index < -0.39 is 15.4 Å². The van der Waals surface area contributed by atoms with Gasteiger partial charge in [0.25, 0.3) is 5.91 Å². The van der Waals surface area contributed by atoms with Crippen LogP contribution in [0.1, 0.15) is 56.8 Å². The molecule has 3 rings (SSSR count). The number of hydrogen-bond acceptors (Lipinski definition) is 5. The molecule has 1 aliphatic heterocycles. The highest BCUT2D eigenvalue weighted by Gasteiger charge is 2.36. The summed E-state index contributed by atoms with van der Waals surface area (Å²) in [5, 5.41) is 0. The molecule has 0 bridgehead atoms. The molecule has 1 heterocycles. The molecule has 30 heavy (non-hydrogen) atoms. The molecule has 7 nitrogen and oxygen atoms in total. The molecular weight excluding hydrogens is 404 g/mol. The van der Waals surface area contributed by atoms with Gasteiger partial charge in [-0.3, -0.25) is 4.79 Å². The number of hydrogen-bond donors (Lipinski definition) is 0. The standard InChI is InChI=1S/C22H32N2O5S/c1-22(2,3)29-21(26)24(15-16-8-9-16)18-10-12-23(13-11-18)20(25)17-6-5-7-19(14-17)30(4,27)28/h5-7,14,16,18H,8-13,15H2,1-4H3. The highest BCUT2D eigenvalue weighted by Crippen LogP contribution is 2.32. The second-order valence-corrected chi connectivity index (χ2v) is 11.4. The Morgan fingerprint density at radius 2 is 1.77 bits per heavy atom. The summed E-state index contributed by atoms with van der Waals surface area (Å²) in [6.45, 7) is 7.36. The second-order valence-electron chi connectivity index (χ2n) is 9.40. The molecule has 1 saturated heterocycles. The first kappa shape index (κ1) is 22.6. The summed E-state index contributed by atoms with van der Waals surface area (Å²) >= 11 is 0. The lowest BCUT2D eigenvalue weighted by atomic mass is 10.0. The zero-order chi connectivity index (χ0) is 22.1. The molecular formula is C22H32N2O5S. The van der Waals surface area contributed by atoms with Gasteiger partial charge in [-0.05, 0) is 70.6 Å². The van der Waals surface area contributed by atoms with Gasteiger partial charge in [0.1, 0.15) is 5.60 Å². The highest BCUT2D eigenvalue weighted by atomic mass is 32.2. The van der Waals surface area contributed by atoms with Crippen molar-refractivity contribution in [3.05, 3.63) is 29.8 Å². The van der Waals surface area contributed by atoms with Gasteiger partial charge in [0.15, 0.2) is 9.84 Å². The number of nitrogens with zero attached hydrogens (tertiary/aromatic N) is 2. The maximum absolute atomic E-state index is 12.9. The first-order chi connectivity index (χ1) is 13.9. The van der Waals surface area contributed by atoms with Gasteiger partial charge in [-0.1, -0.05) is 6.07 Å². The largest absolute Gasteiger partial charge is 0.444 e. The number of ether oxygens (including phenoxy) is 1. The van der Waals surface area contributed by atoms with Crippen LogP contribution in [0, 0.1) is 5.92 Å². The molecule has 1 aromatic rings. The maximum atomic E-state index is 12.9. The van der Waals surface area contributed by atoms with Gasteiger partial charge in [-0.25, -0.2) is 13.2 Å². The summed E-state index contributed by atoms with van der Waals surface area (Å²) in [6.07, 6.45) is 4.51. The number of piperidine rings is 1. The second kappa shape index (κ2) is 8.57. The van der Waals surface area contributed by atoms with E-state index in [4.69, 9.17) is 4.74 Å². The number of amides is 2. The average Bonchev–Trinajstić information content (AvgIpc) is 3.48. The van der Waals surface area contributed by atoms with Crippen LogP contribution in [0.3, 0.4) is 0 Å². The number of carbonyl (C=O) groups excluding carboxylic acids is 2. The molecule has 0 atom stereocenters. The number of carbonyl (C=O) groups is 2. The minimum atomic E-state index is -3.37. The van der Waals surface area contributed by atoms with Crippen LogP contribution in [0.15, 0.2) is 29.2 Å². The molecule has 0 unspecified atom stereocenters. The fourth-order valence-electron chi connectivity index (χ4n) is 3.69. The number of rotatable bonds is 5. The minimum absolute atomic E-state index is 0.0480. The molecule has 0 radical (unpaired) electrons. The zero-order valence-corrected chi connectivity index (χ0v) is 19.1. The van der Waals surface area contributed by atoms with E-state index in [9.17, 15) is 18.0 Å². The summed E-state index contributed by atoms with van der Waals surface area (Å²) in [4.78, 5) is 29.4. The molecule has 1 aromatic carbocycles. The fourth-order valence-corrected chi connectivity index (χ4v) is 4.36. The summed E-state index contributed by atoms with van der Waals surface area (Å²) in [6, 6.07) is 6.21. The Balaban J connectivity index is 1.65. The lowest BCUT2D eigenvalue weighted by molar-refractivity contribution is 0.00748. The molecule has 166 valence electrons. The van der Waals surface area contributed by atoms with Gasteiger partial charge in [0.2, 0.25) is 0 Å². The third-order valence-corrected chi connectivity index (χ3v) is 6.59. The van der Waals surface area contributed by atoms with E-state index in [1.807, 2.05) is 25.7 Å². The molecule has 1 aliphatic carbocycles. The summed E-state index contributed by atoms with van der Waals surface area (Å²) in [5.41, 5.74) is -0.168. The number of benzene rings is 1. The van der Waals surface area contributed by atoms with Crippen molar-refractivity contribution in [1.29, 1.82) is 0 Å². The van der Waals surface area contributed by atoms with Crippen LogP contribution in [0.5, 0.6) is 0 Å². The van der Waals surface area contributed by atoms with Crippen molar-refractivity contribution in [3.63, 3.8) is 0 Å². The molecule has 0 spiro atoms.